The van der Waals surface area contributed by atoms with Crippen molar-refractivity contribution in [3.8, 4) is 0 Å². The summed E-state index contributed by atoms with van der Waals surface area (Å²) in [6, 6.07) is 0. The number of halogens is 3. The van der Waals surface area contributed by atoms with Crippen LogP contribution in [0.5, 0.6) is 0 Å². The Morgan fingerprint density at radius 2 is 1.27 bits per heavy atom. The largest absolute Gasteiger partial charge is 4.00 e. The first-order chi connectivity index (χ1) is 12.1. The van der Waals surface area contributed by atoms with Crippen molar-refractivity contribution in [3.05, 3.63) is 50.2 Å². The van der Waals surface area contributed by atoms with Gasteiger partial charge in [0.2, 0.25) is 0 Å². The Morgan fingerprint density at radius 3 is 1.70 bits per heavy atom. The third kappa shape index (κ3) is 8.13. The van der Waals surface area contributed by atoms with E-state index in [1.54, 1.807) is 27.1 Å². The molecule has 0 spiro atoms. The van der Waals surface area contributed by atoms with Crippen LogP contribution in [-0.4, -0.2) is 9.52 Å². The van der Waals surface area contributed by atoms with Gasteiger partial charge in [-0.15, -0.1) is 0 Å². The van der Waals surface area contributed by atoms with Gasteiger partial charge in [-0.1, -0.05) is 65.0 Å². The van der Waals surface area contributed by atoms with Crippen LogP contribution in [0.3, 0.4) is 0 Å². The van der Waals surface area contributed by atoms with Crippen LogP contribution >= 0.6 is 0 Å². The Morgan fingerprint density at radius 1 is 0.800 bits per heavy atom. The predicted molar refractivity (Wildman–Crippen MR) is 120 cm³/mol. The van der Waals surface area contributed by atoms with Crippen molar-refractivity contribution >= 4 is 14.7 Å². The Hall–Kier alpha value is 0.501. The minimum Gasteiger partial charge on any atom is -1.00 e. The fourth-order valence-electron chi connectivity index (χ4n) is 4.34. The van der Waals surface area contributed by atoms with E-state index in [4.69, 9.17) is 0 Å². The monoisotopic (exact) mass is 520 g/mol. The molecule has 0 fully saturated rings. The molecule has 1 aromatic rings. The van der Waals surface area contributed by atoms with Crippen LogP contribution in [0.4, 0.5) is 0 Å². The molecule has 0 nitrogen and oxygen atoms in total. The molecule has 5 heteroatoms. The minimum absolute atomic E-state index is 0. The summed E-state index contributed by atoms with van der Waals surface area (Å²) in [5.74, 6) is 0. The molecular weight excluding hydrogens is 483 g/mol. The van der Waals surface area contributed by atoms with Crippen LogP contribution < -0.4 is 42.4 Å². The molecule has 0 radical (unpaired) electrons. The third-order valence-electron chi connectivity index (χ3n) is 6.46. The van der Waals surface area contributed by atoms with Crippen LogP contribution in [0, 0.1) is 46.1 Å². The molecule has 168 valence electrons. The van der Waals surface area contributed by atoms with Crippen LogP contribution in [0.15, 0.2) is 16.3 Å². The maximum Gasteiger partial charge on any atom is 4.00 e. The quantitative estimate of drug-likeness (QED) is 0.213. The Bertz CT molecular complexity index is 730. The van der Waals surface area contributed by atoms with Gasteiger partial charge in [-0.2, -0.15) is 5.20 Å². The van der Waals surface area contributed by atoms with Crippen molar-refractivity contribution < 1.29 is 58.9 Å². The second-order valence-corrected chi connectivity index (χ2v) is 11.3. The second-order valence-electron chi connectivity index (χ2n) is 9.37. The number of hydrogen-bond acceptors (Lipinski definition) is 0. The number of hydrogen-bond donors (Lipinski definition) is 0. The van der Waals surface area contributed by atoms with Crippen molar-refractivity contribution in [2.24, 2.45) is 5.41 Å². The van der Waals surface area contributed by atoms with Crippen LogP contribution in [0.2, 0.25) is 0 Å². The zero-order chi connectivity index (χ0) is 19.6. The third-order valence-corrected chi connectivity index (χ3v) is 8.73. The van der Waals surface area contributed by atoms with E-state index in [0.29, 0.717) is 0 Å². The average Bonchev–Trinajstić information content (AvgIpc) is 2.99. The normalized spacial score (nSPS) is 13.4. The van der Waals surface area contributed by atoms with Gasteiger partial charge in [-0.25, -0.2) is 11.1 Å². The zero-order valence-electron chi connectivity index (χ0n) is 20.4. The molecule has 30 heavy (non-hydrogen) atoms. The SMILES string of the molecule is CCCCCC1=C(C(C)(C)C)[C-]=C([SiH2]c2c(C)c(C)c(C)c(C)c2C)C1.[Cl-].[Cl-].[Cl-].[Ti+4]. The number of rotatable bonds is 6. The topological polar surface area (TPSA) is 0 Å². The van der Waals surface area contributed by atoms with E-state index < -0.39 is 9.52 Å². The first kappa shape index (κ1) is 35.1. The van der Waals surface area contributed by atoms with Gasteiger partial charge in [0.15, 0.2) is 0 Å². The average molecular weight is 522 g/mol. The van der Waals surface area contributed by atoms with E-state index in [9.17, 15) is 0 Å². The Balaban J connectivity index is -0.00000182. The molecule has 0 unspecified atom stereocenters. The molecular formula is C25H39Cl3SiTi. The fraction of sp³-hybridized carbons (Fsp3) is 0.600. The summed E-state index contributed by atoms with van der Waals surface area (Å²) in [4.78, 5) is 0. The number of allylic oxidation sites excluding steroid dienone is 4. The van der Waals surface area contributed by atoms with Crippen molar-refractivity contribution in [1.29, 1.82) is 0 Å². The van der Waals surface area contributed by atoms with Crippen molar-refractivity contribution in [2.45, 2.75) is 94.4 Å². The number of benzene rings is 1. The maximum atomic E-state index is 3.92. The van der Waals surface area contributed by atoms with Gasteiger partial charge in [0.1, 0.15) is 0 Å². The van der Waals surface area contributed by atoms with Gasteiger partial charge < -0.3 is 37.2 Å². The molecule has 1 aliphatic carbocycles. The van der Waals surface area contributed by atoms with Gasteiger partial charge >= 0.3 is 21.7 Å². The molecule has 1 aliphatic rings. The first-order valence-electron chi connectivity index (χ1n) is 10.5. The van der Waals surface area contributed by atoms with Gasteiger partial charge in [-0.3, -0.25) is 6.08 Å². The summed E-state index contributed by atoms with van der Waals surface area (Å²) >= 11 is 0. The van der Waals surface area contributed by atoms with E-state index in [1.807, 2.05) is 0 Å². The molecule has 2 rings (SSSR count). The number of unbranched alkanes of at least 4 members (excludes halogenated alkanes) is 2. The second kappa shape index (κ2) is 14.6. The fourth-order valence-corrected chi connectivity index (χ4v) is 6.52. The molecule has 0 N–H and O–H groups in total. The molecule has 0 aliphatic heterocycles. The van der Waals surface area contributed by atoms with E-state index >= 15 is 0 Å². The molecule has 0 saturated carbocycles. The molecule has 0 heterocycles. The zero-order valence-corrected chi connectivity index (χ0v) is 25.6. The van der Waals surface area contributed by atoms with Gasteiger partial charge in [0, 0.05) is 0 Å². The predicted octanol–water partition coefficient (Wildman–Crippen LogP) is -2.95. The van der Waals surface area contributed by atoms with E-state index in [-0.39, 0.29) is 64.4 Å². The summed E-state index contributed by atoms with van der Waals surface area (Å²) in [7, 11) is -0.438. The summed E-state index contributed by atoms with van der Waals surface area (Å²) in [5.41, 5.74) is 11.0. The van der Waals surface area contributed by atoms with Crippen LogP contribution in [-0.2, 0) is 21.7 Å². The summed E-state index contributed by atoms with van der Waals surface area (Å²) in [5, 5.41) is 3.31. The smallest absolute Gasteiger partial charge is 1.00 e. The standard InChI is InChI=1S/C25H39Si.3ClH.Ti/c1-10-11-12-13-21-14-22(15-23(21)25(7,8)9)26-24-19(5)17(3)16(2)18(4)20(24)6;;;;/h10-14,26H2,1-9H3;3*1H;/q-1;;;;+4/p-3. The van der Waals surface area contributed by atoms with E-state index in [2.05, 4.69) is 68.4 Å². The minimum atomic E-state index is -0.438. The molecule has 0 amide bonds. The molecule has 0 aromatic heterocycles. The van der Waals surface area contributed by atoms with Crippen molar-refractivity contribution in [3.63, 3.8) is 0 Å². The van der Waals surface area contributed by atoms with Crippen molar-refractivity contribution in [1.82, 2.24) is 0 Å². The molecule has 0 bridgehead atoms. The van der Waals surface area contributed by atoms with E-state index in [0.717, 1.165) is 0 Å². The van der Waals surface area contributed by atoms with Gasteiger partial charge in [-0.05, 0) is 67.9 Å². The first-order valence-corrected chi connectivity index (χ1v) is 11.9. The maximum absolute atomic E-state index is 3.92. The van der Waals surface area contributed by atoms with Crippen LogP contribution in [0.1, 0.15) is 87.6 Å². The van der Waals surface area contributed by atoms with Gasteiger partial charge in [0.05, 0.1) is 9.52 Å². The summed E-state index contributed by atoms with van der Waals surface area (Å²) in [6.07, 6.45) is 10.4. The Labute approximate surface area is 222 Å². The van der Waals surface area contributed by atoms with Crippen LogP contribution in [0.25, 0.3) is 0 Å². The van der Waals surface area contributed by atoms with E-state index in [1.165, 1.54) is 54.4 Å². The molecule has 0 atom stereocenters. The molecule has 1 aromatic carbocycles. The van der Waals surface area contributed by atoms with Gasteiger partial charge in [0.25, 0.3) is 0 Å². The summed E-state index contributed by atoms with van der Waals surface area (Å²) in [6.45, 7) is 20.9. The van der Waals surface area contributed by atoms with Crippen molar-refractivity contribution in [2.75, 3.05) is 0 Å². The molecule has 0 saturated heterocycles. The summed E-state index contributed by atoms with van der Waals surface area (Å²) < 4.78 is 0. The Kier molecular flexibility index (Phi) is 17.1.